The minimum atomic E-state index is -0.444. The van der Waals surface area contributed by atoms with E-state index in [4.69, 9.17) is 11.5 Å². The second kappa shape index (κ2) is 24.3. The minimum Gasteiger partial charge on any atom is -0.370 e. The summed E-state index contributed by atoms with van der Waals surface area (Å²) in [4.78, 5) is 48.5. The predicted molar refractivity (Wildman–Crippen MR) is 150 cm³/mol. The van der Waals surface area contributed by atoms with Crippen molar-refractivity contribution in [3.05, 3.63) is 35.6 Å². The molecule has 1 fully saturated rings. The van der Waals surface area contributed by atoms with Crippen LogP contribution in [0.4, 0.5) is 4.39 Å². The zero-order chi connectivity index (χ0) is 29.3. The summed E-state index contributed by atoms with van der Waals surface area (Å²) in [6.45, 7) is 10.1. The van der Waals surface area contributed by atoms with Crippen molar-refractivity contribution in [1.82, 2.24) is 15.1 Å². The monoisotopic (exact) mass is 539 g/mol. The first kappa shape index (κ1) is 37.1. The van der Waals surface area contributed by atoms with Gasteiger partial charge in [0.05, 0.1) is 0 Å². The van der Waals surface area contributed by atoms with Gasteiger partial charge in [0.25, 0.3) is 0 Å². The summed E-state index contributed by atoms with van der Waals surface area (Å²) in [6, 6.07) is 5.73. The maximum Gasteiger partial charge on any atom is 0.245 e. The highest BCUT2D eigenvalue weighted by Crippen LogP contribution is 2.19. The Morgan fingerprint density at radius 3 is 2.29 bits per heavy atom. The average molecular weight is 540 g/mol. The number of benzene rings is 1. The van der Waals surface area contributed by atoms with E-state index in [1.165, 1.54) is 17.0 Å². The molecule has 1 aromatic carbocycles. The zero-order valence-electron chi connectivity index (χ0n) is 24.0. The Bertz CT molecular complexity index is 792. The lowest BCUT2D eigenvalue weighted by Gasteiger charge is -2.29. The summed E-state index contributed by atoms with van der Waals surface area (Å²) in [7, 11) is 1.59. The fourth-order valence-corrected chi connectivity index (χ4v) is 3.47. The molecule has 0 saturated carbocycles. The molecular formula is C28H50FN5O4. The molecular weight excluding hydrogens is 489 g/mol. The van der Waals surface area contributed by atoms with Crippen molar-refractivity contribution in [3.8, 4) is 0 Å². The zero-order valence-corrected chi connectivity index (χ0v) is 24.0. The van der Waals surface area contributed by atoms with Crippen molar-refractivity contribution in [1.29, 1.82) is 0 Å². The Hall–Kier alpha value is -3.01. The number of nitrogens with zero attached hydrogens (tertiary/aromatic N) is 2. The van der Waals surface area contributed by atoms with Crippen LogP contribution in [0, 0.1) is 5.82 Å². The molecule has 218 valence electrons. The van der Waals surface area contributed by atoms with Crippen LogP contribution in [-0.2, 0) is 25.7 Å². The first-order valence-electron chi connectivity index (χ1n) is 13.7. The van der Waals surface area contributed by atoms with Crippen LogP contribution in [0.1, 0.15) is 84.6 Å². The fraction of sp³-hybridized carbons (Fsp3) is 0.643. The maximum atomic E-state index is 13.5. The SMILES string of the molecule is CC.CCCC(N)=O.CCCN.CNC(=O)CCCCN(Cc1cccc(F)c1)C(=O)C1CCCN1C=O. The molecule has 1 aliphatic heterocycles. The van der Waals surface area contributed by atoms with Gasteiger partial charge in [0, 0.05) is 39.5 Å². The number of amides is 4. The smallest absolute Gasteiger partial charge is 0.245 e. The molecule has 5 N–H and O–H groups in total. The summed E-state index contributed by atoms with van der Waals surface area (Å²) >= 11 is 0. The highest BCUT2D eigenvalue weighted by Gasteiger charge is 2.32. The first-order chi connectivity index (χ1) is 18.2. The van der Waals surface area contributed by atoms with Crippen LogP contribution in [0.2, 0.25) is 0 Å². The molecule has 0 spiro atoms. The van der Waals surface area contributed by atoms with E-state index >= 15 is 0 Å². The summed E-state index contributed by atoms with van der Waals surface area (Å²) in [5, 5.41) is 2.57. The van der Waals surface area contributed by atoms with Gasteiger partial charge in [-0.1, -0.05) is 39.8 Å². The van der Waals surface area contributed by atoms with Crippen LogP contribution in [-0.4, -0.2) is 66.7 Å². The fourth-order valence-electron chi connectivity index (χ4n) is 3.47. The van der Waals surface area contributed by atoms with Crippen LogP contribution in [0.25, 0.3) is 0 Å². The van der Waals surface area contributed by atoms with E-state index in [2.05, 4.69) is 12.2 Å². The lowest BCUT2D eigenvalue weighted by Crippen LogP contribution is -2.45. The molecule has 1 aliphatic rings. The number of primary amides is 1. The van der Waals surface area contributed by atoms with Gasteiger partial charge in [0.1, 0.15) is 11.9 Å². The summed E-state index contributed by atoms with van der Waals surface area (Å²) < 4.78 is 13.5. The molecule has 10 heteroatoms. The number of hydrogen-bond donors (Lipinski definition) is 3. The largest absolute Gasteiger partial charge is 0.370 e. The molecule has 0 bridgehead atoms. The van der Waals surface area contributed by atoms with Crippen molar-refractivity contribution < 1.29 is 23.6 Å². The number of carbonyl (C=O) groups is 4. The van der Waals surface area contributed by atoms with E-state index in [-0.39, 0.29) is 23.5 Å². The van der Waals surface area contributed by atoms with Gasteiger partial charge >= 0.3 is 0 Å². The van der Waals surface area contributed by atoms with Crippen molar-refractivity contribution >= 4 is 24.1 Å². The van der Waals surface area contributed by atoms with Gasteiger partial charge in [0.15, 0.2) is 0 Å². The molecule has 9 nitrogen and oxygen atoms in total. The van der Waals surface area contributed by atoms with E-state index in [1.54, 1.807) is 24.1 Å². The number of unbranched alkanes of at least 4 members (excludes halogenated alkanes) is 1. The van der Waals surface area contributed by atoms with Crippen LogP contribution in [0.5, 0.6) is 0 Å². The van der Waals surface area contributed by atoms with Gasteiger partial charge in [-0.25, -0.2) is 4.39 Å². The Morgan fingerprint density at radius 1 is 1.16 bits per heavy atom. The molecule has 1 atom stereocenters. The Balaban J connectivity index is 0. The molecule has 2 rings (SSSR count). The molecule has 1 heterocycles. The van der Waals surface area contributed by atoms with Crippen LogP contribution in [0.3, 0.4) is 0 Å². The summed E-state index contributed by atoms with van der Waals surface area (Å²) in [5.41, 5.74) is 10.5. The maximum absolute atomic E-state index is 13.5. The van der Waals surface area contributed by atoms with E-state index < -0.39 is 6.04 Å². The minimum absolute atomic E-state index is 0.0315. The number of likely N-dealkylation sites (tertiary alicyclic amines) is 1. The number of halogens is 1. The van der Waals surface area contributed by atoms with Crippen LogP contribution >= 0.6 is 0 Å². The number of hydrogen-bond acceptors (Lipinski definition) is 5. The highest BCUT2D eigenvalue weighted by atomic mass is 19.1. The number of nitrogens with two attached hydrogens (primary N) is 2. The average Bonchev–Trinajstić information content (AvgIpc) is 3.40. The van der Waals surface area contributed by atoms with Gasteiger partial charge in [-0.15, -0.1) is 0 Å². The Morgan fingerprint density at radius 2 is 1.82 bits per heavy atom. The lowest BCUT2D eigenvalue weighted by atomic mass is 10.1. The van der Waals surface area contributed by atoms with E-state index in [0.717, 1.165) is 32.2 Å². The molecule has 1 aromatic rings. The van der Waals surface area contributed by atoms with Crippen LogP contribution in [0.15, 0.2) is 24.3 Å². The predicted octanol–water partition coefficient (Wildman–Crippen LogP) is 3.34. The molecule has 1 unspecified atom stereocenters. The van der Waals surface area contributed by atoms with Crippen molar-refractivity contribution in [2.24, 2.45) is 11.5 Å². The van der Waals surface area contributed by atoms with Crippen LogP contribution < -0.4 is 16.8 Å². The first-order valence-corrected chi connectivity index (χ1v) is 13.7. The Kier molecular flexibility index (Phi) is 23.8. The summed E-state index contributed by atoms with van der Waals surface area (Å²) in [6.07, 6.45) is 6.38. The van der Waals surface area contributed by atoms with E-state index in [0.29, 0.717) is 57.3 Å². The second-order valence-electron chi connectivity index (χ2n) is 8.53. The number of nitrogens with one attached hydrogen (secondary N) is 1. The van der Waals surface area contributed by atoms with Gasteiger partial charge in [-0.3, -0.25) is 19.2 Å². The third-order valence-corrected chi connectivity index (χ3v) is 5.43. The molecule has 4 amide bonds. The quantitative estimate of drug-likeness (QED) is 0.276. The van der Waals surface area contributed by atoms with Crippen molar-refractivity contribution in [3.63, 3.8) is 0 Å². The van der Waals surface area contributed by atoms with Gasteiger partial charge in [0.2, 0.25) is 24.1 Å². The molecule has 1 saturated heterocycles. The molecule has 0 aliphatic carbocycles. The molecule has 0 radical (unpaired) electrons. The van der Waals surface area contributed by atoms with Crippen molar-refractivity contribution in [2.75, 3.05) is 26.7 Å². The Labute approximate surface area is 228 Å². The molecule has 38 heavy (non-hydrogen) atoms. The lowest BCUT2D eigenvalue weighted by molar-refractivity contribution is -0.140. The number of rotatable bonds is 12. The summed E-state index contributed by atoms with van der Waals surface area (Å²) in [5.74, 6) is -0.697. The van der Waals surface area contributed by atoms with E-state index in [9.17, 15) is 23.6 Å². The van der Waals surface area contributed by atoms with Gasteiger partial charge in [-0.2, -0.15) is 0 Å². The molecule has 0 aromatic heterocycles. The van der Waals surface area contributed by atoms with Crippen molar-refractivity contribution in [2.45, 2.75) is 91.6 Å². The van der Waals surface area contributed by atoms with Gasteiger partial charge < -0.3 is 26.6 Å². The number of carbonyl (C=O) groups excluding carboxylic acids is 4. The standard InChI is InChI=1S/C19H26FN3O3.C4H9NO.C3H9N.C2H6/c1-21-18(25)9-2-3-10-22(13-15-6-4-7-16(20)12-15)19(26)17-8-5-11-23(17)14-24;1-2-3-4(5)6;1-2-3-4;1-2/h4,6-7,12,14,17H,2-3,5,8-11,13H2,1H3,(H,21,25);2-3H2,1H3,(H2,5,6);2-4H2,1H3;1-2H3. The third kappa shape index (κ3) is 17.4. The second-order valence-corrected chi connectivity index (χ2v) is 8.53. The van der Waals surface area contributed by atoms with E-state index in [1.807, 2.05) is 20.8 Å². The third-order valence-electron chi connectivity index (χ3n) is 5.43. The normalized spacial score (nSPS) is 13.4. The highest BCUT2D eigenvalue weighted by molar-refractivity contribution is 5.84. The van der Waals surface area contributed by atoms with Gasteiger partial charge in [-0.05, 0) is 62.8 Å². The topological polar surface area (TPSA) is 139 Å².